The van der Waals surface area contributed by atoms with Crippen molar-refractivity contribution in [3.8, 4) is 0 Å². The van der Waals surface area contributed by atoms with Crippen LogP contribution in [0.15, 0.2) is 0 Å². The summed E-state index contributed by atoms with van der Waals surface area (Å²) in [6.45, 7) is 0.0288. The predicted octanol–water partition coefficient (Wildman–Crippen LogP) is 0.776. The average molecular weight is 376 g/mol. The van der Waals surface area contributed by atoms with E-state index in [4.69, 9.17) is 9.76 Å². The second-order valence-electron chi connectivity index (χ2n) is 5.80. The molecule has 134 valence electrons. The van der Waals surface area contributed by atoms with Crippen LogP contribution in [0.1, 0.15) is 32.1 Å². The van der Waals surface area contributed by atoms with Crippen LogP contribution in [0.3, 0.4) is 0 Å². The summed E-state index contributed by atoms with van der Waals surface area (Å²) in [5, 5.41) is 3.86. The van der Waals surface area contributed by atoms with Gasteiger partial charge >= 0.3 is 21.2 Å². The predicted molar refractivity (Wildman–Crippen MR) is 74.9 cm³/mol. The summed E-state index contributed by atoms with van der Waals surface area (Å²) in [5.74, 6) is -1.58. The Balaban J connectivity index is 2.16. The van der Waals surface area contributed by atoms with Crippen molar-refractivity contribution < 1.29 is 36.0 Å². The number of nitrogens with zero attached hydrogens (tertiary/aromatic N) is 2. The molecular weight excluding hydrogens is 358 g/mol. The Morgan fingerprint density at radius 2 is 1.78 bits per heavy atom. The fourth-order valence-electron chi connectivity index (χ4n) is 3.26. The third kappa shape index (κ3) is 3.40. The highest BCUT2D eigenvalue weighted by Gasteiger charge is 2.59. The number of alkyl halides is 2. The number of sulfonamides is 1. The fraction of sp³-hybridized carbons (Fsp3) is 0.909. The van der Waals surface area contributed by atoms with E-state index in [9.17, 15) is 26.2 Å². The number of carbonyl (C=O) groups is 1. The van der Waals surface area contributed by atoms with E-state index < -0.39 is 36.3 Å². The third-order valence-electron chi connectivity index (χ3n) is 4.49. The highest BCUT2D eigenvalue weighted by Crippen LogP contribution is 2.38. The lowest BCUT2D eigenvalue weighted by Crippen LogP contribution is -2.56. The lowest BCUT2D eigenvalue weighted by atomic mass is 9.75. The fourth-order valence-corrected chi connectivity index (χ4v) is 4.76. The van der Waals surface area contributed by atoms with Gasteiger partial charge in [0, 0.05) is 17.0 Å². The Morgan fingerprint density at radius 3 is 2.35 bits per heavy atom. The third-order valence-corrected chi connectivity index (χ3v) is 6.96. The van der Waals surface area contributed by atoms with Crippen molar-refractivity contribution in [3.63, 3.8) is 0 Å². The van der Waals surface area contributed by atoms with Gasteiger partial charge in [0.05, 0.1) is 0 Å². The van der Waals surface area contributed by atoms with Crippen LogP contribution in [0.2, 0.25) is 0 Å². The van der Waals surface area contributed by atoms with E-state index in [0.29, 0.717) is 12.3 Å². The molecule has 2 rings (SSSR count). The van der Waals surface area contributed by atoms with Gasteiger partial charge in [0.15, 0.2) is 0 Å². The minimum Gasteiger partial charge on any atom is -0.336 e. The average Bonchev–Trinajstić information content (AvgIpc) is 2.52. The molecule has 1 aliphatic carbocycles. The number of piperidine rings is 1. The molecule has 0 bridgehead atoms. The quantitative estimate of drug-likeness (QED) is 0.553. The summed E-state index contributed by atoms with van der Waals surface area (Å²) in [6.07, 6.45) is 4.27. The summed E-state index contributed by atoms with van der Waals surface area (Å²) in [7, 11) is -6.00. The van der Waals surface area contributed by atoms with Crippen LogP contribution in [0.25, 0.3) is 0 Å². The van der Waals surface area contributed by atoms with Crippen molar-refractivity contribution in [3.05, 3.63) is 0 Å². The van der Waals surface area contributed by atoms with Crippen molar-refractivity contribution in [2.45, 2.75) is 37.4 Å². The molecule has 1 aliphatic heterocycles. The van der Waals surface area contributed by atoms with Crippen molar-refractivity contribution >= 4 is 27.2 Å². The molecule has 0 aromatic carbocycles. The molecule has 1 heterocycles. The topological polar surface area (TPSA) is 115 Å². The molecule has 1 saturated carbocycles. The first-order valence-electron chi connectivity index (χ1n) is 7.11. The molecule has 3 atom stereocenters. The summed E-state index contributed by atoms with van der Waals surface area (Å²) < 4.78 is 68.5. The molecule has 1 saturated heterocycles. The molecule has 12 heteroatoms. The zero-order valence-corrected chi connectivity index (χ0v) is 13.7. The van der Waals surface area contributed by atoms with Gasteiger partial charge in [0.2, 0.25) is 0 Å². The van der Waals surface area contributed by atoms with E-state index in [2.05, 4.69) is 0 Å². The molecule has 0 aromatic rings. The highest BCUT2D eigenvalue weighted by molar-refractivity contribution is 8.00. The van der Waals surface area contributed by atoms with Gasteiger partial charge in [-0.3, -0.25) is 14.6 Å². The van der Waals surface area contributed by atoms with Crippen molar-refractivity contribution in [2.24, 2.45) is 11.8 Å². The lowest BCUT2D eigenvalue weighted by Gasteiger charge is -2.41. The number of halogens is 2. The number of amides is 1. The first-order valence-corrected chi connectivity index (χ1v) is 9.61. The highest BCUT2D eigenvalue weighted by atomic mass is 32.3. The molecule has 0 radical (unpaired) electrons. The van der Waals surface area contributed by atoms with E-state index in [1.54, 1.807) is 0 Å². The second-order valence-corrected chi connectivity index (χ2v) is 8.65. The molecule has 2 N–H and O–H groups in total. The largest absolute Gasteiger partial charge is 0.438 e. The SMILES string of the molecule is O=C(N1CCC2CCCCC2C1)C(F)(F)S(=O)(=O)N(O)S(=O)O. The smallest absolute Gasteiger partial charge is 0.336 e. The lowest BCUT2D eigenvalue weighted by molar-refractivity contribution is -0.151. The van der Waals surface area contributed by atoms with Crippen molar-refractivity contribution in [1.29, 1.82) is 0 Å². The van der Waals surface area contributed by atoms with Crippen LogP contribution in [0.4, 0.5) is 8.78 Å². The van der Waals surface area contributed by atoms with Crippen LogP contribution < -0.4 is 0 Å². The van der Waals surface area contributed by atoms with Crippen molar-refractivity contribution in [2.75, 3.05) is 13.1 Å². The van der Waals surface area contributed by atoms with Gasteiger partial charge in [0.1, 0.15) is 0 Å². The first-order chi connectivity index (χ1) is 10.6. The van der Waals surface area contributed by atoms with Crippen LogP contribution in [0.5, 0.6) is 0 Å². The summed E-state index contributed by atoms with van der Waals surface area (Å²) in [4.78, 5) is 12.7. The molecule has 2 aliphatic rings. The van der Waals surface area contributed by atoms with Crippen molar-refractivity contribution in [1.82, 2.24) is 8.77 Å². The standard InChI is InChI=1S/C11H18F2N2O6S2/c12-11(13,23(20,21)15(17)22(18)19)10(16)14-6-5-8-3-1-2-4-9(8)7-14/h8-9,17H,1-7H2,(H,18,19). The molecule has 1 amide bonds. The molecule has 3 unspecified atom stereocenters. The zero-order valence-electron chi connectivity index (χ0n) is 12.1. The van der Waals surface area contributed by atoms with Crippen LogP contribution in [-0.2, 0) is 26.1 Å². The van der Waals surface area contributed by atoms with Gasteiger partial charge in [-0.2, -0.15) is 8.78 Å². The molecule has 0 spiro atoms. The number of likely N-dealkylation sites (tertiary alicyclic amines) is 1. The number of hydrogen-bond acceptors (Lipinski definition) is 5. The van der Waals surface area contributed by atoms with E-state index in [1.165, 1.54) is 0 Å². The van der Waals surface area contributed by atoms with Gasteiger partial charge in [-0.05, 0) is 24.7 Å². The maximum absolute atomic E-state index is 14.0. The zero-order chi connectivity index (χ0) is 17.4. The molecule has 23 heavy (non-hydrogen) atoms. The van der Waals surface area contributed by atoms with Crippen LogP contribution in [-0.4, -0.2) is 55.4 Å². The number of carbonyl (C=O) groups excluding carboxylic acids is 1. The monoisotopic (exact) mass is 376 g/mol. The van der Waals surface area contributed by atoms with Gasteiger partial charge in [-0.15, -0.1) is 0 Å². The number of hydrogen-bond donors (Lipinski definition) is 2. The van der Waals surface area contributed by atoms with E-state index >= 15 is 0 Å². The Bertz CT molecular complexity index is 599. The molecular formula is C11H18F2N2O6S2. The van der Waals surface area contributed by atoms with Gasteiger partial charge < -0.3 is 4.90 Å². The van der Waals surface area contributed by atoms with Gasteiger partial charge in [-0.1, -0.05) is 19.3 Å². The maximum atomic E-state index is 14.0. The van der Waals surface area contributed by atoms with Crippen LogP contribution in [0, 0.1) is 11.8 Å². The molecule has 2 fully saturated rings. The molecule has 8 nitrogen and oxygen atoms in total. The van der Waals surface area contributed by atoms with E-state index in [1.807, 2.05) is 0 Å². The van der Waals surface area contributed by atoms with Gasteiger partial charge in [0.25, 0.3) is 11.3 Å². The Morgan fingerprint density at radius 1 is 1.22 bits per heavy atom. The maximum Gasteiger partial charge on any atom is 0.438 e. The number of fused-ring (bicyclic) bond motifs is 1. The number of rotatable bonds is 4. The van der Waals surface area contributed by atoms with E-state index in [-0.39, 0.29) is 19.0 Å². The Kier molecular flexibility index (Phi) is 5.41. The van der Waals surface area contributed by atoms with E-state index in [0.717, 1.165) is 30.6 Å². The summed E-state index contributed by atoms with van der Waals surface area (Å²) in [5.41, 5.74) is 0. The Hall–Kier alpha value is -0.690. The second kappa shape index (κ2) is 6.67. The van der Waals surface area contributed by atoms with Crippen LogP contribution >= 0.6 is 0 Å². The summed E-state index contributed by atoms with van der Waals surface area (Å²) >= 11 is -3.60. The minimum atomic E-state index is -6.00. The van der Waals surface area contributed by atoms with Gasteiger partial charge in [-0.25, -0.2) is 12.6 Å². The minimum absolute atomic E-state index is 0.00124. The molecule has 0 aromatic heterocycles. The summed E-state index contributed by atoms with van der Waals surface area (Å²) in [6, 6.07) is 0. The Labute approximate surface area is 134 Å². The first kappa shape index (κ1) is 18.6. The normalized spacial score (nSPS) is 27.6.